The molecule has 2 N–H and O–H groups in total. The zero-order chi connectivity index (χ0) is 19.2. The van der Waals surface area contributed by atoms with E-state index in [1.807, 2.05) is 24.4 Å². The third kappa shape index (κ3) is 4.54. The van der Waals surface area contributed by atoms with Crippen molar-refractivity contribution in [3.05, 3.63) is 42.4 Å². The fourth-order valence-corrected chi connectivity index (χ4v) is 3.96. The fourth-order valence-electron chi connectivity index (χ4n) is 3.96. The van der Waals surface area contributed by atoms with Crippen LogP contribution in [0.4, 0.5) is 0 Å². The van der Waals surface area contributed by atoms with Gasteiger partial charge >= 0.3 is 0 Å². The van der Waals surface area contributed by atoms with E-state index < -0.39 is 0 Å². The first kappa shape index (κ1) is 19.0. The molecule has 7 heteroatoms. The van der Waals surface area contributed by atoms with Gasteiger partial charge in [0.2, 0.25) is 0 Å². The Kier molecular flexibility index (Phi) is 6.24. The van der Waals surface area contributed by atoms with Crippen LogP contribution >= 0.6 is 0 Å². The van der Waals surface area contributed by atoms with Crippen molar-refractivity contribution < 1.29 is 4.74 Å². The maximum Gasteiger partial charge on any atom is 0.194 e. The third-order valence-electron chi connectivity index (χ3n) is 5.45. The topological polar surface area (TPSA) is 68.8 Å². The highest BCUT2D eigenvalue weighted by Crippen LogP contribution is 2.18. The second-order valence-electron chi connectivity index (χ2n) is 7.32. The number of imidazole rings is 1. The number of morpholine rings is 1. The van der Waals surface area contributed by atoms with Gasteiger partial charge < -0.3 is 19.9 Å². The predicted octanol–water partition coefficient (Wildman–Crippen LogP) is 1.95. The molecule has 0 amide bonds. The van der Waals surface area contributed by atoms with Crippen molar-refractivity contribution in [3.63, 3.8) is 0 Å². The predicted molar refractivity (Wildman–Crippen MR) is 111 cm³/mol. The average Bonchev–Trinajstić information content (AvgIpc) is 3.43. The van der Waals surface area contributed by atoms with Gasteiger partial charge in [-0.3, -0.25) is 4.90 Å². The molecule has 0 bridgehead atoms. The number of guanidine groups is 1. The summed E-state index contributed by atoms with van der Waals surface area (Å²) in [5, 5.41) is 3.45. The molecule has 1 aromatic carbocycles. The number of ether oxygens (including phenoxy) is 1. The largest absolute Gasteiger partial charge is 0.379 e. The van der Waals surface area contributed by atoms with Gasteiger partial charge in [-0.05, 0) is 18.9 Å². The standard InChI is InChI=1S/C21H30N6O/c1-2-22-21(27-9-8-18(16-27)26-10-12-28-13-11-26)24-15-20-23-14-19(25-20)17-6-4-3-5-7-17/h3-7,14,18H,2,8-13,15-16H2,1H3,(H,22,24)(H,23,25). The zero-order valence-corrected chi connectivity index (χ0v) is 16.6. The summed E-state index contributed by atoms with van der Waals surface area (Å²) in [7, 11) is 0. The fraction of sp³-hybridized carbons (Fsp3) is 0.524. The van der Waals surface area contributed by atoms with Crippen molar-refractivity contribution in [3.8, 4) is 11.3 Å². The number of aliphatic imine (C=N–C) groups is 1. The van der Waals surface area contributed by atoms with Crippen LogP contribution in [0.25, 0.3) is 11.3 Å². The molecule has 0 aliphatic carbocycles. The number of hydrogen-bond donors (Lipinski definition) is 2. The van der Waals surface area contributed by atoms with E-state index >= 15 is 0 Å². The number of nitrogens with one attached hydrogen (secondary N) is 2. The smallest absolute Gasteiger partial charge is 0.194 e. The molecule has 1 unspecified atom stereocenters. The first-order chi connectivity index (χ1) is 13.8. The van der Waals surface area contributed by atoms with Crippen LogP contribution in [0.1, 0.15) is 19.2 Å². The van der Waals surface area contributed by atoms with Gasteiger partial charge in [-0.2, -0.15) is 0 Å². The van der Waals surface area contributed by atoms with Crippen LogP contribution in [0.15, 0.2) is 41.5 Å². The van der Waals surface area contributed by atoms with Crippen molar-refractivity contribution in [2.24, 2.45) is 4.99 Å². The maximum absolute atomic E-state index is 5.49. The molecule has 2 aliphatic heterocycles. The highest BCUT2D eigenvalue weighted by Gasteiger charge is 2.30. The second kappa shape index (κ2) is 9.21. The first-order valence-corrected chi connectivity index (χ1v) is 10.3. The lowest BCUT2D eigenvalue weighted by Crippen LogP contribution is -2.46. The Morgan fingerprint density at radius 3 is 2.86 bits per heavy atom. The normalized spacial score (nSPS) is 21.2. The molecule has 4 rings (SSSR count). The molecule has 7 nitrogen and oxygen atoms in total. The highest BCUT2D eigenvalue weighted by molar-refractivity contribution is 5.80. The molecule has 2 aliphatic rings. The summed E-state index contributed by atoms with van der Waals surface area (Å²) in [6.07, 6.45) is 3.07. The molecule has 1 atom stereocenters. The van der Waals surface area contributed by atoms with E-state index in [4.69, 9.17) is 9.73 Å². The number of rotatable bonds is 5. The lowest BCUT2D eigenvalue weighted by molar-refractivity contribution is 0.0195. The van der Waals surface area contributed by atoms with Crippen LogP contribution < -0.4 is 5.32 Å². The molecule has 2 saturated heterocycles. The van der Waals surface area contributed by atoms with E-state index in [-0.39, 0.29) is 0 Å². The summed E-state index contributed by atoms with van der Waals surface area (Å²) in [4.78, 5) is 17.7. The van der Waals surface area contributed by atoms with Crippen molar-refractivity contribution in [2.45, 2.75) is 25.9 Å². The van der Waals surface area contributed by atoms with E-state index in [1.54, 1.807) is 0 Å². The molecule has 2 aromatic rings. The molecule has 1 aromatic heterocycles. The van der Waals surface area contributed by atoms with Gasteiger partial charge in [-0.1, -0.05) is 30.3 Å². The van der Waals surface area contributed by atoms with E-state index in [9.17, 15) is 0 Å². The van der Waals surface area contributed by atoms with Crippen molar-refractivity contribution in [1.29, 1.82) is 0 Å². The summed E-state index contributed by atoms with van der Waals surface area (Å²) in [5.41, 5.74) is 2.18. The quantitative estimate of drug-likeness (QED) is 0.611. The van der Waals surface area contributed by atoms with Gasteiger partial charge in [0.25, 0.3) is 0 Å². The second-order valence-corrected chi connectivity index (χ2v) is 7.32. The monoisotopic (exact) mass is 382 g/mol. The molecular weight excluding hydrogens is 352 g/mol. The van der Waals surface area contributed by atoms with E-state index in [0.29, 0.717) is 12.6 Å². The summed E-state index contributed by atoms with van der Waals surface area (Å²) in [5.74, 6) is 1.87. The molecule has 0 saturated carbocycles. The van der Waals surface area contributed by atoms with Crippen molar-refractivity contribution in [2.75, 3.05) is 45.9 Å². The number of hydrogen-bond acceptors (Lipinski definition) is 4. The number of aromatic amines is 1. The number of H-pyrrole nitrogens is 1. The van der Waals surface area contributed by atoms with E-state index in [0.717, 1.165) is 69.0 Å². The molecule has 0 radical (unpaired) electrons. The van der Waals surface area contributed by atoms with Crippen LogP contribution in [0.5, 0.6) is 0 Å². The number of aromatic nitrogens is 2. The Balaban J connectivity index is 1.39. The van der Waals surface area contributed by atoms with Gasteiger partial charge in [0.05, 0.1) is 25.1 Å². The summed E-state index contributed by atoms with van der Waals surface area (Å²) in [6, 6.07) is 10.9. The highest BCUT2D eigenvalue weighted by atomic mass is 16.5. The van der Waals surface area contributed by atoms with Gasteiger partial charge in [0.15, 0.2) is 5.96 Å². The Morgan fingerprint density at radius 1 is 1.25 bits per heavy atom. The minimum Gasteiger partial charge on any atom is -0.379 e. The number of likely N-dealkylation sites (tertiary alicyclic amines) is 1. The van der Waals surface area contributed by atoms with Crippen LogP contribution in [0.3, 0.4) is 0 Å². The number of benzene rings is 1. The maximum atomic E-state index is 5.49. The lowest BCUT2D eigenvalue weighted by Gasteiger charge is -2.32. The van der Waals surface area contributed by atoms with Crippen molar-refractivity contribution in [1.82, 2.24) is 25.1 Å². The Morgan fingerprint density at radius 2 is 2.07 bits per heavy atom. The van der Waals surface area contributed by atoms with Gasteiger partial charge in [0.1, 0.15) is 12.4 Å². The molecule has 28 heavy (non-hydrogen) atoms. The Labute approximate surface area is 166 Å². The van der Waals surface area contributed by atoms with Gasteiger partial charge in [-0.15, -0.1) is 0 Å². The van der Waals surface area contributed by atoms with Crippen LogP contribution in [0, 0.1) is 0 Å². The third-order valence-corrected chi connectivity index (χ3v) is 5.45. The molecule has 2 fully saturated rings. The summed E-state index contributed by atoms with van der Waals surface area (Å²) >= 11 is 0. The summed E-state index contributed by atoms with van der Waals surface area (Å²) in [6.45, 7) is 9.40. The SMILES string of the molecule is CCNC(=NCc1ncc(-c2ccccc2)[nH]1)N1CCC(N2CCOCC2)C1. The minimum absolute atomic E-state index is 0.549. The molecule has 3 heterocycles. The first-order valence-electron chi connectivity index (χ1n) is 10.3. The van der Waals surface area contributed by atoms with Gasteiger partial charge in [-0.25, -0.2) is 9.98 Å². The summed E-state index contributed by atoms with van der Waals surface area (Å²) < 4.78 is 5.49. The van der Waals surface area contributed by atoms with Crippen molar-refractivity contribution >= 4 is 5.96 Å². The van der Waals surface area contributed by atoms with E-state index in [2.05, 4.69) is 44.1 Å². The molecule has 0 spiro atoms. The van der Waals surface area contributed by atoms with E-state index in [1.165, 1.54) is 6.42 Å². The molecular formula is C21H30N6O. The van der Waals surface area contributed by atoms with Crippen LogP contribution in [0.2, 0.25) is 0 Å². The Bertz CT molecular complexity index is 768. The lowest BCUT2D eigenvalue weighted by atomic mass is 10.2. The average molecular weight is 383 g/mol. The number of nitrogens with zero attached hydrogens (tertiary/aromatic N) is 4. The van der Waals surface area contributed by atoms with Crippen LogP contribution in [-0.4, -0.2) is 77.7 Å². The molecule has 150 valence electrons. The Hall–Kier alpha value is -2.38. The van der Waals surface area contributed by atoms with Gasteiger partial charge in [0, 0.05) is 38.8 Å². The zero-order valence-electron chi connectivity index (χ0n) is 16.6. The minimum atomic E-state index is 0.549. The van der Waals surface area contributed by atoms with Crippen LogP contribution in [-0.2, 0) is 11.3 Å².